The molecular formula is C15H18N4O3. The van der Waals surface area contributed by atoms with Crippen LogP contribution in [0.25, 0.3) is 0 Å². The maximum atomic E-state index is 12.2. The van der Waals surface area contributed by atoms with Gasteiger partial charge in [-0.15, -0.1) is 0 Å². The van der Waals surface area contributed by atoms with E-state index in [4.69, 9.17) is 4.74 Å². The molecule has 0 bridgehead atoms. The maximum Gasteiger partial charge on any atom is 0.267 e. The minimum absolute atomic E-state index is 0.242. The molecule has 0 aromatic carbocycles. The summed E-state index contributed by atoms with van der Waals surface area (Å²) in [4.78, 5) is 26.0. The number of nitrogens with zero attached hydrogens (tertiary/aromatic N) is 2. The molecule has 0 spiro atoms. The van der Waals surface area contributed by atoms with Crippen molar-refractivity contribution < 1.29 is 9.53 Å². The monoisotopic (exact) mass is 302 g/mol. The first-order chi connectivity index (χ1) is 10.6. The molecular weight excluding hydrogens is 284 g/mol. The molecule has 1 amide bonds. The molecule has 2 N–H and O–H groups in total. The summed E-state index contributed by atoms with van der Waals surface area (Å²) in [5, 5.41) is 7.03. The van der Waals surface area contributed by atoms with Gasteiger partial charge in [0.25, 0.3) is 5.91 Å². The Morgan fingerprint density at radius 3 is 3.05 bits per heavy atom. The number of nitrogens with one attached hydrogen (secondary N) is 2. The van der Waals surface area contributed by atoms with E-state index in [9.17, 15) is 9.59 Å². The number of pyridine rings is 1. The lowest BCUT2D eigenvalue weighted by Gasteiger charge is -2.27. The van der Waals surface area contributed by atoms with Crippen molar-refractivity contribution in [1.29, 1.82) is 0 Å². The zero-order valence-electron chi connectivity index (χ0n) is 12.3. The van der Waals surface area contributed by atoms with Crippen molar-refractivity contribution in [2.24, 2.45) is 7.05 Å². The highest BCUT2D eigenvalue weighted by atomic mass is 16.5. The number of rotatable bonds is 4. The summed E-state index contributed by atoms with van der Waals surface area (Å²) in [6, 6.07) is 4.49. The van der Waals surface area contributed by atoms with Gasteiger partial charge in [0.1, 0.15) is 11.3 Å². The van der Waals surface area contributed by atoms with E-state index < -0.39 is 5.60 Å². The van der Waals surface area contributed by atoms with Gasteiger partial charge in [-0.05, 0) is 18.9 Å². The van der Waals surface area contributed by atoms with Gasteiger partial charge in [-0.3, -0.25) is 14.3 Å². The molecule has 1 saturated heterocycles. The second kappa shape index (κ2) is 5.76. The lowest BCUT2D eigenvalue weighted by atomic mass is 9.93. The van der Waals surface area contributed by atoms with E-state index in [2.05, 4.69) is 15.4 Å². The van der Waals surface area contributed by atoms with Crippen LogP contribution in [-0.2, 0) is 17.4 Å². The lowest BCUT2D eigenvalue weighted by molar-refractivity contribution is 0.00126. The number of hydrogen-bond acceptors (Lipinski definition) is 4. The third-order valence-electron chi connectivity index (χ3n) is 3.88. The van der Waals surface area contributed by atoms with E-state index in [-0.39, 0.29) is 17.2 Å². The zero-order chi connectivity index (χ0) is 15.6. The smallest absolute Gasteiger partial charge is 0.267 e. The zero-order valence-corrected chi connectivity index (χ0v) is 12.3. The van der Waals surface area contributed by atoms with E-state index in [1.165, 1.54) is 6.07 Å². The van der Waals surface area contributed by atoms with Gasteiger partial charge in [0.05, 0.1) is 12.7 Å². The van der Waals surface area contributed by atoms with Crippen LogP contribution in [0.5, 0.6) is 0 Å². The second-order valence-electron chi connectivity index (χ2n) is 5.46. The summed E-state index contributed by atoms with van der Waals surface area (Å²) in [6.07, 6.45) is 5.43. The number of aryl methyl sites for hydroxylation is 1. The van der Waals surface area contributed by atoms with Crippen molar-refractivity contribution >= 4 is 5.91 Å². The van der Waals surface area contributed by atoms with Crippen molar-refractivity contribution in [3.63, 3.8) is 0 Å². The summed E-state index contributed by atoms with van der Waals surface area (Å²) >= 11 is 0. The second-order valence-corrected chi connectivity index (χ2v) is 5.46. The molecule has 2 aromatic heterocycles. The fourth-order valence-electron chi connectivity index (χ4n) is 2.72. The molecule has 1 unspecified atom stereocenters. The standard InChI is InChI=1S/C15H18N4O3/c1-19-9-11(8-17-19)15(6-3-7-22-15)10-16-14(21)12-4-2-5-13(20)18-12/h2,4-5,8-9H,3,6-7,10H2,1H3,(H,16,21)(H,18,20). The van der Waals surface area contributed by atoms with Gasteiger partial charge in [-0.2, -0.15) is 5.10 Å². The molecule has 0 aliphatic carbocycles. The molecule has 1 aliphatic heterocycles. The van der Waals surface area contributed by atoms with Crippen LogP contribution in [0.4, 0.5) is 0 Å². The summed E-state index contributed by atoms with van der Waals surface area (Å²) in [5.41, 5.74) is 0.354. The van der Waals surface area contributed by atoms with Gasteiger partial charge >= 0.3 is 0 Å². The van der Waals surface area contributed by atoms with E-state index >= 15 is 0 Å². The number of aromatic nitrogens is 3. The predicted octanol–water partition coefficient (Wildman–Crippen LogP) is 0.544. The van der Waals surface area contributed by atoms with E-state index in [1.54, 1.807) is 23.0 Å². The largest absolute Gasteiger partial charge is 0.368 e. The number of carbonyl (C=O) groups is 1. The Labute approximate surface area is 127 Å². The van der Waals surface area contributed by atoms with Crippen molar-refractivity contribution in [2.45, 2.75) is 18.4 Å². The molecule has 3 rings (SSSR count). The topological polar surface area (TPSA) is 89.0 Å². The van der Waals surface area contributed by atoms with Gasteiger partial charge < -0.3 is 15.0 Å². The van der Waals surface area contributed by atoms with Crippen molar-refractivity contribution in [1.82, 2.24) is 20.1 Å². The minimum Gasteiger partial charge on any atom is -0.368 e. The van der Waals surface area contributed by atoms with Crippen LogP contribution >= 0.6 is 0 Å². The third-order valence-corrected chi connectivity index (χ3v) is 3.88. The van der Waals surface area contributed by atoms with Crippen molar-refractivity contribution in [3.05, 3.63) is 52.2 Å². The Bertz CT molecular complexity index is 728. The molecule has 0 radical (unpaired) electrons. The minimum atomic E-state index is -0.543. The van der Waals surface area contributed by atoms with Gasteiger partial charge in [0.2, 0.25) is 5.56 Å². The predicted molar refractivity (Wildman–Crippen MR) is 79.5 cm³/mol. The molecule has 1 fully saturated rings. The summed E-state index contributed by atoms with van der Waals surface area (Å²) < 4.78 is 7.63. The average molecular weight is 302 g/mol. The first-order valence-electron chi connectivity index (χ1n) is 7.20. The molecule has 22 heavy (non-hydrogen) atoms. The number of amides is 1. The van der Waals surface area contributed by atoms with Crippen LogP contribution in [0, 0.1) is 0 Å². The Balaban J connectivity index is 1.75. The number of carbonyl (C=O) groups excluding carboxylic acids is 1. The summed E-state index contributed by atoms with van der Waals surface area (Å²) in [7, 11) is 1.85. The number of aromatic amines is 1. The maximum absolute atomic E-state index is 12.2. The number of H-pyrrole nitrogens is 1. The molecule has 1 atom stereocenters. The first-order valence-corrected chi connectivity index (χ1v) is 7.20. The molecule has 116 valence electrons. The molecule has 1 aliphatic rings. The van der Waals surface area contributed by atoms with Crippen LogP contribution in [0.15, 0.2) is 35.4 Å². The third kappa shape index (κ3) is 2.80. The van der Waals surface area contributed by atoms with E-state index in [1.807, 2.05) is 13.2 Å². The molecule has 7 nitrogen and oxygen atoms in total. The highest BCUT2D eigenvalue weighted by Gasteiger charge is 2.38. The van der Waals surface area contributed by atoms with E-state index in [0.717, 1.165) is 18.4 Å². The SMILES string of the molecule is Cn1cc(C2(CNC(=O)c3cccc(=O)[nH]3)CCCO2)cn1. The molecule has 2 aromatic rings. The fraction of sp³-hybridized carbons (Fsp3) is 0.400. The Kier molecular flexibility index (Phi) is 3.81. The number of ether oxygens (including phenoxy) is 1. The van der Waals surface area contributed by atoms with Crippen LogP contribution in [0.1, 0.15) is 28.9 Å². The Morgan fingerprint density at radius 2 is 2.41 bits per heavy atom. The normalized spacial score (nSPS) is 21.0. The molecule has 3 heterocycles. The summed E-state index contributed by atoms with van der Waals surface area (Å²) in [6.45, 7) is 1.00. The van der Waals surface area contributed by atoms with Crippen LogP contribution < -0.4 is 10.9 Å². The highest BCUT2D eigenvalue weighted by molar-refractivity contribution is 5.92. The first kappa shape index (κ1) is 14.5. The molecule has 0 saturated carbocycles. The van der Waals surface area contributed by atoms with Gasteiger partial charge in [0.15, 0.2) is 0 Å². The average Bonchev–Trinajstić information content (AvgIpc) is 3.14. The van der Waals surface area contributed by atoms with Gasteiger partial charge in [-0.25, -0.2) is 0 Å². The molecule has 7 heteroatoms. The summed E-state index contributed by atoms with van der Waals surface area (Å²) in [5.74, 6) is -0.323. The van der Waals surface area contributed by atoms with Gasteiger partial charge in [0, 0.05) is 31.5 Å². The van der Waals surface area contributed by atoms with Crippen molar-refractivity contribution in [3.8, 4) is 0 Å². The van der Waals surface area contributed by atoms with Gasteiger partial charge in [-0.1, -0.05) is 6.07 Å². The fourth-order valence-corrected chi connectivity index (χ4v) is 2.72. The highest BCUT2D eigenvalue weighted by Crippen LogP contribution is 2.35. The Morgan fingerprint density at radius 1 is 1.55 bits per heavy atom. The lowest BCUT2D eigenvalue weighted by Crippen LogP contribution is -2.40. The Hall–Kier alpha value is -2.41. The van der Waals surface area contributed by atoms with E-state index in [0.29, 0.717) is 13.2 Å². The van der Waals surface area contributed by atoms with Crippen LogP contribution in [0.3, 0.4) is 0 Å². The van der Waals surface area contributed by atoms with Crippen LogP contribution in [0.2, 0.25) is 0 Å². The quantitative estimate of drug-likeness (QED) is 0.863. The van der Waals surface area contributed by atoms with Crippen molar-refractivity contribution in [2.75, 3.05) is 13.2 Å². The number of hydrogen-bond donors (Lipinski definition) is 2. The van der Waals surface area contributed by atoms with Crippen LogP contribution in [-0.4, -0.2) is 33.8 Å².